The second-order valence-electron chi connectivity index (χ2n) is 5.24. The lowest BCUT2D eigenvalue weighted by molar-refractivity contribution is -0.384. The van der Waals surface area contributed by atoms with Gasteiger partial charge in [0.1, 0.15) is 0 Å². The molecule has 1 aromatic heterocycles. The SMILES string of the molecule is CCCCCCCCNc1nc2ccc([N+](=O)[O-])cc2[nH]1. The highest BCUT2D eigenvalue weighted by Crippen LogP contribution is 2.20. The number of nitro groups is 1. The molecular weight excluding hydrogens is 268 g/mol. The van der Waals surface area contributed by atoms with Gasteiger partial charge in [-0.05, 0) is 12.5 Å². The van der Waals surface area contributed by atoms with Gasteiger partial charge in [0.15, 0.2) is 0 Å². The van der Waals surface area contributed by atoms with Gasteiger partial charge in [-0.25, -0.2) is 4.98 Å². The molecule has 2 rings (SSSR count). The van der Waals surface area contributed by atoms with Crippen LogP contribution in [0.4, 0.5) is 11.6 Å². The summed E-state index contributed by atoms with van der Waals surface area (Å²) in [6.07, 6.45) is 7.51. The molecule has 0 saturated heterocycles. The second-order valence-corrected chi connectivity index (χ2v) is 5.24. The van der Waals surface area contributed by atoms with Gasteiger partial charge >= 0.3 is 0 Å². The van der Waals surface area contributed by atoms with Crippen molar-refractivity contribution in [1.29, 1.82) is 0 Å². The van der Waals surface area contributed by atoms with E-state index < -0.39 is 4.92 Å². The largest absolute Gasteiger partial charge is 0.356 e. The molecule has 0 saturated carbocycles. The van der Waals surface area contributed by atoms with Crippen LogP contribution in [0.15, 0.2) is 18.2 Å². The summed E-state index contributed by atoms with van der Waals surface area (Å²) in [6.45, 7) is 3.08. The first-order valence-corrected chi connectivity index (χ1v) is 7.58. The number of aromatic amines is 1. The smallest absolute Gasteiger partial charge is 0.271 e. The number of H-pyrrole nitrogens is 1. The van der Waals surface area contributed by atoms with Crippen LogP contribution in [0, 0.1) is 10.1 Å². The third-order valence-electron chi connectivity index (χ3n) is 3.50. The Bertz CT molecular complexity index is 594. The van der Waals surface area contributed by atoms with Crippen LogP contribution in [0.2, 0.25) is 0 Å². The van der Waals surface area contributed by atoms with Crippen molar-refractivity contribution in [3.05, 3.63) is 28.3 Å². The molecule has 0 aliphatic heterocycles. The van der Waals surface area contributed by atoms with Crippen molar-refractivity contribution < 1.29 is 4.92 Å². The van der Waals surface area contributed by atoms with Crippen LogP contribution in [0.5, 0.6) is 0 Å². The van der Waals surface area contributed by atoms with E-state index >= 15 is 0 Å². The molecule has 2 aromatic rings. The Morgan fingerprint density at radius 2 is 2.00 bits per heavy atom. The van der Waals surface area contributed by atoms with E-state index in [0.29, 0.717) is 11.5 Å². The minimum atomic E-state index is -0.399. The molecule has 1 aromatic carbocycles. The zero-order valence-corrected chi connectivity index (χ0v) is 12.4. The Hall–Kier alpha value is -2.11. The summed E-state index contributed by atoms with van der Waals surface area (Å²) in [4.78, 5) is 17.8. The summed E-state index contributed by atoms with van der Waals surface area (Å²) >= 11 is 0. The van der Waals surface area contributed by atoms with Crippen molar-refractivity contribution in [2.24, 2.45) is 0 Å². The quantitative estimate of drug-likeness (QED) is 0.411. The minimum absolute atomic E-state index is 0.0774. The van der Waals surface area contributed by atoms with Crippen LogP contribution in [-0.4, -0.2) is 21.4 Å². The maximum atomic E-state index is 10.7. The number of rotatable bonds is 9. The van der Waals surface area contributed by atoms with Crippen molar-refractivity contribution in [1.82, 2.24) is 9.97 Å². The van der Waals surface area contributed by atoms with E-state index in [0.717, 1.165) is 18.5 Å². The standard InChI is InChI=1S/C15H22N4O2/c1-2-3-4-5-6-7-10-16-15-17-13-9-8-12(19(20)21)11-14(13)18-15/h8-9,11H,2-7,10H2,1H3,(H2,16,17,18). The van der Waals surface area contributed by atoms with E-state index in [9.17, 15) is 10.1 Å². The van der Waals surface area contributed by atoms with Gasteiger partial charge in [-0.15, -0.1) is 0 Å². The minimum Gasteiger partial charge on any atom is -0.356 e. The third-order valence-corrected chi connectivity index (χ3v) is 3.50. The van der Waals surface area contributed by atoms with Crippen LogP contribution in [0.1, 0.15) is 45.4 Å². The van der Waals surface area contributed by atoms with E-state index in [1.54, 1.807) is 6.07 Å². The number of unbranched alkanes of at least 4 members (excludes halogenated alkanes) is 5. The van der Waals surface area contributed by atoms with Crippen LogP contribution >= 0.6 is 0 Å². The van der Waals surface area contributed by atoms with Crippen LogP contribution in [-0.2, 0) is 0 Å². The third kappa shape index (κ3) is 4.44. The molecule has 6 nitrogen and oxygen atoms in total. The summed E-state index contributed by atoms with van der Waals surface area (Å²) in [5, 5.41) is 14.0. The fourth-order valence-corrected chi connectivity index (χ4v) is 2.31. The Labute approximate surface area is 124 Å². The fraction of sp³-hybridized carbons (Fsp3) is 0.533. The van der Waals surface area contributed by atoms with E-state index in [2.05, 4.69) is 22.2 Å². The molecular formula is C15H22N4O2. The lowest BCUT2D eigenvalue weighted by Crippen LogP contribution is -2.02. The lowest BCUT2D eigenvalue weighted by Gasteiger charge is -2.02. The number of hydrogen-bond acceptors (Lipinski definition) is 4. The van der Waals surface area contributed by atoms with Gasteiger partial charge in [-0.2, -0.15) is 0 Å². The van der Waals surface area contributed by atoms with Crippen molar-refractivity contribution in [3.8, 4) is 0 Å². The van der Waals surface area contributed by atoms with Crippen molar-refractivity contribution in [2.75, 3.05) is 11.9 Å². The molecule has 0 bridgehead atoms. The number of nitrogens with zero attached hydrogens (tertiary/aromatic N) is 2. The number of hydrogen-bond donors (Lipinski definition) is 2. The Morgan fingerprint density at radius 1 is 1.24 bits per heavy atom. The highest BCUT2D eigenvalue weighted by atomic mass is 16.6. The van der Waals surface area contributed by atoms with Gasteiger partial charge in [-0.3, -0.25) is 10.1 Å². The molecule has 0 aliphatic rings. The molecule has 0 aliphatic carbocycles. The maximum Gasteiger partial charge on any atom is 0.271 e. The van der Waals surface area contributed by atoms with E-state index in [1.165, 1.54) is 44.2 Å². The van der Waals surface area contributed by atoms with Crippen LogP contribution in [0.25, 0.3) is 11.0 Å². The molecule has 0 atom stereocenters. The predicted octanol–water partition coefficient (Wildman–Crippen LogP) is 4.24. The summed E-state index contributed by atoms with van der Waals surface area (Å²) < 4.78 is 0. The molecule has 2 N–H and O–H groups in total. The van der Waals surface area contributed by atoms with Crippen LogP contribution in [0.3, 0.4) is 0 Å². The number of non-ortho nitro benzene ring substituents is 1. The zero-order chi connectivity index (χ0) is 15.1. The monoisotopic (exact) mass is 290 g/mol. The molecule has 0 fully saturated rings. The van der Waals surface area contributed by atoms with Gasteiger partial charge in [0.05, 0.1) is 16.0 Å². The Morgan fingerprint density at radius 3 is 2.76 bits per heavy atom. The summed E-state index contributed by atoms with van der Waals surface area (Å²) in [5.74, 6) is 0.680. The zero-order valence-electron chi connectivity index (χ0n) is 12.4. The number of nitro benzene ring substituents is 1. The number of nitrogens with one attached hydrogen (secondary N) is 2. The lowest BCUT2D eigenvalue weighted by atomic mass is 10.1. The average Bonchev–Trinajstić information content (AvgIpc) is 2.88. The highest BCUT2D eigenvalue weighted by molar-refractivity contribution is 5.79. The first-order chi connectivity index (χ1) is 10.2. The second kappa shape index (κ2) is 7.61. The molecule has 6 heteroatoms. The van der Waals surface area contributed by atoms with E-state index in [4.69, 9.17) is 0 Å². The average molecular weight is 290 g/mol. The summed E-state index contributed by atoms with van der Waals surface area (Å²) in [6, 6.07) is 4.65. The Balaban J connectivity index is 1.81. The van der Waals surface area contributed by atoms with E-state index in [-0.39, 0.29) is 5.69 Å². The normalized spacial score (nSPS) is 10.9. The fourth-order valence-electron chi connectivity index (χ4n) is 2.31. The summed E-state index contributed by atoms with van der Waals surface area (Å²) in [5.41, 5.74) is 1.51. The molecule has 0 spiro atoms. The van der Waals surface area contributed by atoms with Crippen molar-refractivity contribution >= 4 is 22.7 Å². The van der Waals surface area contributed by atoms with Gasteiger partial charge in [-0.1, -0.05) is 39.0 Å². The molecule has 1 heterocycles. The van der Waals surface area contributed by atoms with Gasteiger partial charge < -0.3 is 10.3 Å². The number of anilines is 1. The number of imidazole rings is 1. The molecule has 21 heavy (non-hydrogen) atoms. The first kappa shape index (κ1) is 15.3. The van der Waals surface area contributed by atoms with Gasteiger partial charge in [0.2, 0.25) is 5.95 Å². The number of benzene rings is 1. The number of aromatic nitrogens is 2. The molecule has 0 radical (unpaired) electrons. The predicted molar refractivity (Wildman–Crippen MR) is 84.6 cm³/mol. The highest BCUT2D eigenvalue weighted by Gasteiger charge is 2.09. The molecule has 0 unspecified atom stereocenters. The van der Waals surface area contributed by atoms with Crippen LogP contribution < -0.4 is 5.32 Å². The first-order valence-electron chi connectivity index (χ1n) is 7.58. The molecule has 114 valence electrons. The number of fused-ring (bicyclic) bond motifs is 1. The summed E-state index contributed by atoms with van der Waals surface area (Å²) in [7, 11) is 0. The van der Waals surface area contributed by atoms with Crippen molar-refractivity contribution in [2.45, 2.75) is 45.4 Å². The van der Waals surface area contributed by atoms with E-state index in [1.807, 2.05) is 0 Å². The van der Waals surface area contributed by atoms with Crippen molar-refractivity contribution in [3.63, 3.8) is 0 Å². The molecule has 0 amide bonds. The Kier molecular flexibility index (Phi) is 5.54. The topological polar surface area (TPSA) is 83.8 Å². The van der Waals surface area contributed by atoms with Gasteiger partial charge in [0, 0.05) is 18.7 Å². The maximum absolute atomic E-state index is 10.7. The van der Waals surface area contributed by atoms with Gasteiger partial charge in [0.25, 0.3) is 5.69 Å².